The summed E-state index contributed by atoms with van der Waals surface area (Å²) in [5.74, 6) is -0.688. The second-order valence-electron chi connectivity index (χ2n) is 9.04. The standard InChI is InChI=1S/C24H21F3N2O2S/c1-13-8-17-14(2)11-22(3,4)29-20(17)18(9-13)23(21(29)31)28(19(30)12-32-23)16-7-5-6-15(10-16)24(25,26)27/h5-11H,12H2,1-4H3. The third-order valence-corrected chi connectivity index (χ3v) is 7.69. The van der Waals surface area contributed by atoms with Crippen LogP contribution in [-0.2, 0) is 20.6 Å². The molecule has 1 unspecified atom stereocenters. The molecule has 1 fully saturated rings. The van der Waals surface area contributed by atoms with Gasteiger partial charge >= 0.3 is 6.18 Å². The topological polar surface area (TPSA) is 40.6 Å². The van der Waals surface area contributed by atoms with Crippen LogP contribution in [0.2, 0.25) is 0 Å². The fourth-order valence-electron chi connectivity index (χ4n) is 5.14. The first-order chi connectivity index (χ1) is 14.9. The monoisotopic (exact) mass is 458 g/mol. The van der Waals surface area contributed by atoms with Gasteiger partial charge in [0, 0.05) is 16.8 Å². The van der Waals surface area contributed by atoms with Gasteiger partial charge in [0.2, 0.25) is 10.8 Å². The Balaban J connectivity index is 1.79. The summed E-state index contributed by atoms with van der Waals surface area (Å²) in [7, 11) is 0. The number of halogens is 3. The zero-order valence-corrected chi connectivity index (χ0v) is 18.8. The van der Waals surface area contributed by atoms with Crippen LogP contribution in [0.3, 0.4) is 0 Å². The molecule has 0 bridgehead atoms. The number of allylic oxidation sites excluding steroid dienone is 1. The Morgan fingerprint density at radius 1 is 1.03 bits per heavy atom. The van der Waals surface area contributed by atoms with E-state index in [9.17, 15) is 22.8 Å². The van der Waals surface area contributed by atoms with Crippen molar-refractivity contribution in [1.82, 2.24) is 0 Å². The van der Waals surface area contributed by atoms with Crippen LogP contribution in [0.25, 0.3) is 5.57 Å². The van der Waals surface area contributed by atoms with E-state index in [-0.39, 0.29) is 23.3 Å². The van der Waals surface area contributed by atoms with Gasteiger partial charge in [-0.3, -0.25) is 19.4 Å². The number of hydrogen-bond acceptors (Lipinski definition) is 3. The van der Waals surface area contributed by atoms with Crippen molar-refractivity contribution in [2.45, 2.75) is 44.3 Å². The van der Waals surface area contributed by atoms with Crippen molar-refractivity contribution in [1.29, 1.82) is 0 Å². The van der Waals surface area contributed by atoms with Crippen LogP contribution in [0.15, 0.2) is 42.5 Å². The highest BCUT2D eigenvalue weighted by Gasteiger charge is 2.64. The summed E-state index contributed by atoms with van der Waals surface area (Å²) in [5.41, 5.74) is 2.82. The van der Waals surface area contributed by atoms with Crippen molar-refractivity contribution in [3.8, 4) is 0 Å². The maximum atomic E-state index is 14.1. The third kappa shape index (κ3) is 2.65. The molecule has 3 aliphatic heterocycles. The van der Waals surface area contributed by atoms with E-state index in [2.05, 4.69) is 0 Å². The molecule has 1 saturated heterocycles. The van der Waals surface area contributed by atoms with E-state index in [0.717, 1.165) is 34.5 Å². The molecule has 3 heterocycles. The minimum absolute atomic E-state index is 0.00534. The van der Waals surface area contributed by atoms with Gasteiger partial charge in [0.15, 0.2) is 0 Å². The molecule has 8 heteroatoms. The summed E-state index contributed by atoms with van der Waals surface area (Å²) >= 11 is 1.17. The lowest BCUT2D eigenvalue weighted by atomic mass is 9.88. The number of carbonyl (C=O) groups excluding carboxylic acids is 2. The Labute approximate surface area is 188 Å². The summed E-state index contributed by atoms with van der Waals surface area (Å²) in [5, 5.41) is 0. The molecule has 3 aliphatic rings. The van der Waals surface area contributed by atoms with Gasteiger partial charge in [-0.05, 0) is 63.1 Å². The van der Waals surface area contributed by atoms with Crippen molar-refractivity contribution < 1.29 is 22.8 Å². The van der Waals surface area contributed by atoms with Gasteiger partial charge < -0.3 is 0 Å². The Bertz CT molecular complexity index is 1230. The number of benzene rings is 2. The van der Waals surface area contributed by atoms with E-state index in [1.54, 1.807) is 4.90 Å². The third-order valence-electron chi connectivity index (χ3n) is 6.31. The summed E-state index contributed by atoms with van der Waals surface area (Å²) in [6.45, 7) is 7.76. The molecule has 2 aromatic rings. The number of hydrogen-bond donors (Lipinski definition) is 0. The van der Waals surface area contributed by atoms with E-state index in [0.29, 0.717) is 5.56 Å². The van der Waals surface area contributed by atoms with E-state index in [1.807, 2.05) is 45.9 Å². The van der Waals surface area contributed by atoms with E-state index >= 15 is 0 Å². The summed E-state index contributed by atoms with van der Waals surface area (Å²) in [4.78, 5) is 28.7. The highest BCUT2D eigenvalue weighted by Crippen LogP contribution is 2.60. The van der Waals surface area contributed by atoms with Gasteiger partial charge in [0.05, 0.1) is 22.5 Å². The van der Waals surface area contributed by atoms with E-state index < -0.39 is 22.1 Å². The van der Waals surface area contributed by atoms with Crippen molar-refractivity contribution in [2.24, 2.45) is 0 Å². The summed E-state index contributed by atoms with van der Waals surface area (Å²) in [6.07, 6.45) is -2.54. The number of thioether (sulfide) groups is 1. The minimum atomic E-state index is -4.56. The average molecular weight is 459 g/mol. The first-order valence-corrected chi connectivity index (χ1v) is 11.2. The molecule has 0 aromatic heterocycles. The molecule has 1 spiro atoms. The van der Waals surface area contributed by atoms with Gasteiger partial charge in [-0.1, -0.05) is 18.2 Å². The van der Waals surface area contributed by atoms with Crippen LogP contribution in [0, 0.1) is 6.92 Å². The molecule has 2 amide bonds. The molecule has 0 aliphatic carbocycles. The highest BCUT2D eigenvalue weighted by molar-refractivity contribution is 8.02. The minimum Gasteiger partial charge on any atom is -0.299 e. The predicted molar refractivity (Wildman–Crippen MR) is 119 cm³/mol. The predicted octanol–water partition coefficient (Wildman–Crippen LogP) is 5.49. The van der Waals surface area contributed by atoms with Gasteiger partial charge in [-0.25, -0.2) is 0 Å². The van der Waals surface area contributed by atoms with Crippen LogP contribution in [0.1, 0.15) is 43.0 Å². The van der Waals surface area contributed by atoms with Crippen molar-refractivity contribution in [3.05, 3.63) is 64.7 Å². The Morgan fingerprint density at radius 2 is 1.75 bits per heavy atom. The van der Waals surface area contributed by atoms with Gasteiger partial charge in [0.25, 0.3) is 5.91 Å². The number of alkyl halides is 3. The molecule has 2 aromatic carbocycles. The summed E-state index contributed by atoms with van der Waals surface area (Å²) < 4.78 is 40.3. The fraction of sp³-hybridized carbons (Fsp3) is 0.333. The lowest BCUT2D eigenvalue weighted by molar-refractivity contribution is -0.137. The molecule has 32 heavy (non-hydrogen) atoms. The smallest absolute Gasteiger partial charge is 0.299 e. The SMILES string of the molecule is CC1=CC(C)(C)N2C(=O)C3(SCC(=O)N3c3cccc(C(F)(F)F)c3)c3cc(C)cc1c32. The summed E-state index contributed by atoms with van der Waals surface area (Å²) in [6, 6.07) is 8.55. The lowest BCUT2D eigenvalue weighted by Gasteiger charge is -2.40. The van der Waals surface area contributed by atoms with Crippen molar-refractivity contribution in [3.63, 3.8) is 0 Å². The molecule has 5 rings (SSSR count). The van der Waals surface area contributed by atoms with Crippen LogP contribution in [0.5, 0.6) is 0 Å². The molecular weight excluding hydrogens is 437 g/mol. The maximum Gasteiger partial charge on any atom is 0.416 e. The normalized spacial score (nSPS) is 23.8. The lowest BCUT2D eigenvalue weighted by Crippen LogP contribution is -2.55. The second-order valence-corrected chi connectivity index (χ2v) is 10.2. The Kier molecular flexibility index (Phi) is 4.23. The Morgan fingerprint density at radius 3 is 2.44 bits per heavy atom. The van der Waals surface area contributed by atoms with Gasteiger partial charge in [-0.2, -0.15) is 13.2 Å². The number of fused-ring (bicyclic) bond motifs is 1. The number of rotatable bonds is 1. The first kappa shape index (κ1) is 21.1. The van der Waals surface area contributed by atoms with Crippen LogP contribution < -0.4 is 9.80 Å². The zero-order valence-electron chi connectivity index (χ0n) is 18.0. The number of aryl methyl sites for hydroxylation is 1. The van der Waals surface area contributed by atoms with Gasteiger partial charge in [0.1, 0.15) is 0 Å². The molecule has 166 valence electrons. The van der Waals surface area contributed by atoms with E-state index in [1.165, 1.54) is 28.8 Å². The van der Waals surface area contributed by atoms with Crippen LogP contribution >= 0.6 is 11.8 Å². The van der Waals surface area contributed by atoms with Crippen molar-refractivity contribution >= 4 is 40.5 Å². The van der Waals surface area contributed by atoms with E-state index in [4.69, 9.17) is 0 Å². The average Bonchev–Trinajstić information content (AvgIpc) is 3.16. The molecular formula is C24H21F3N2O2S. The van der Waals surface area contributed by atoms with Crippen molar-refractivity contribution in [2.75, 3.05) is 15.6 Å². The number of nitrogens with zero attached hydrogens (tertiary/aromatic N) is 2. The fourth-order valence-corrected chi connectivity index (χ4v) is 6.47. The van der Waals surface area contributed by atoms with Crippen LogP contribution in [-0.4, -0.2) is 23.1 Å². The maximum absolute atomic E-state index is 14.1. The number of carbonyl (C=O) groups is 2. The number of amides is 2. The molecule has 0 saturated carbocycles. The van der Waals surface area contributed by atoms with Gasteiger partial charge in [-0.15, -0.1) is 11.8 Å². The first-order valence-electron chi connectivity index (χ1n) is 10.2. The largest absolute Gasteiger partial charge is 0.416 e. The quantitative estimate of drug-likeness (QED) is 0.568. The molecule has 0 radical (unpaired) electrons. The molecule has 1 atom stereocenters. The number of anilines is 2. The molecule has 4 nitrogen and oxygen atoms in total. The second kappa shape index (κ2) is 6.41. The van der Waals surface area contributed by atoms with Crippen LogP contribution in [0.4, 0.5) is 24.5 Å². The zero-order chi connectivity index (χ0) is 23.2. The molecule has 0 N–H and O–H groups in total. The Hall–Kier alpha value is -2.74. The highest BCUT2D eigenvalue weighted by atomic mass is 32.2.